The third-order valence-electron chi connectivity index (χ3n) is 3.31. The van der Waals surface area contributed by atoms with E-state index in [9.17, 15) is 5.11 Å². The smallest absolute Gasteiger partial charge is 0.121 e. The van der Waals surface area contributed by atoms with Crippen LogP contribution in [0.3, 0.4) is 0 Å². The minimum absolute atomic E-state index is 0.218. The van der Waals surface area contributed by atoms with E-state index in [1.54, 1.807) is 11.8 Å². The van der Waals surface area contributed by atoms with Gasteiger partial charge in [-0.2, -0.15) is 11.8 Å². The first-order valence-electron chi connectivity index (χ1n) is 7.12. The minimum atomic E-state index is 0.218. The monoisotopic (exact) mass is 282 g/mol. The van der Waals surface area contributed by atoms with Crippen molar-refractivity contribution in [3.63, 3.8) is 0 Å². The molecule has 0 radical (unpaired) electrons. The van der Waals surface area contributed by atoms with Gasteiger partial charge in [-0.3, -0.25) is 0 Å². The van der Waals surface area contributed by atoms with Gasteiger partial charge in [-0.25, -0.2) is 0 Å². The Labute approximate surface area is 121 Å². The van der Waals surface area contributed by atoms with E-state index in [-0.39, 0.29) is 6.61 Å². The molecule has 0 amide bonds. The van der Waals surface area contributed by atoms with E-state index >= 15 is 0 Å². The molecule has 108 valence electrons. The number of hydrogen-bond donors (Lipinski definition) is 2. The Bertz CT molecular complexity index is 377. The molecule has 2 N–H and O–H groups in total. The fourth-order valence-corrected chi connectivity index (χ4v) is 3.28. The Hall–Kier alpha value is -0.670. The summed E-state index contributed by atoms with van der Waals surface area (Å²) in [6.45, 7) is 6.74. The van der Waals surface area contributed by atoms with E-state index < -0.39 is 0 Å². The molecule has 0 bridgehead atoms. The number of aromatic hydroxyl groups is 1. The number of phenolic OH excluding ortho intramolecular Hbond substituents is 1. The van der Waals surface area contributed by atoms with Gasteiger partial charge in [-0.05, 0) is 29.9 Å². The van der Waals surface area contributed by atoms with Crippen molar-refractivity contribution in [2.45, 2.75) is 45.3 Å². The first-order chi connectivity index (χ1) is 9.10. The Balaban J connectivity index is 2.81. The summed E-state index contributed by atoms with van der Waals surface area (Å²) in [7, 11) is 0. The lowest BCUT2D eigenvalue weighted by Crippen LogP contribution is -2.16. The molecule has 1 aromatic rings. The van der Waals surface area contributed by atoms with Crippen molar-refractivity contribution in [1.82, 2.24) is 0 Å². The van der Waals surface area contributed by atoms with Crippen LogP contribution in [0.15, 0.2) is 18.2 Å². The molecule has 0 aromatic heterocycles. The summed E-state index contributed by atoms with van der Waals surface area (Å²) < 4.78 is 0. The first kappa shape index (κ1) is 16.4. The molecule has 0 heterocycles. The lowest BCUT2D eigenvalue weighted by Gasteiger charge is -2.21. The molecular weight excluding hydrogens is 256 g/mol. The predicted molar refractivity (Wildman–Crippen MR) is 84.0 cm³/mol. The average molecular weight is 282 g/mol. The minimum Gasteiger partial charge on any atom is -0.507 e. The molecule has 2 nitrogen and oxygen atoms in total. The molecular formula is C16H26O2S. The molecule has 1 aromatic carbocycles. The number of aryl methyl sites for hydroxylation is 1. The van der Waals surface area contributed by atoms with Crippen molar-refractivity contribution in [1.29, 1.82) is 0 Å². The van der Waals surface area contributed by atoms with Crippen LogP contribution >= 0.6 is 11.8 Å². The molecule has 0 aliphatic carbocycles. The van der Waals surface area contributed by atoms with Crippen LogP contribution < -0.4 is 0 Å². The molecule has 0 saturated carbocycles. The maximum absolute atomic E-state index is 10.3. The fraction of sp³-hybridized carbons (Fsp3) is 0.625. The van der Waals surface area contributed by atoms with E-state index in [0.29, 0.717) is 16.9 Å². The lowest BCUT2D eigenvalue weighted by molar-refractivity contribution is 0.322. The number of thioether (sulfide) groups is 1. The van der Waals surface area contributed by atoms with Crippen LogP contribution in [0.2, 0.25) is 0 Å². The molecule has 0 aliphatic rings. The van der Waals surface area contributed by atoms with Crippen LogP contribution in [0.1, 0.15) is 38.3 Å². The number of rotatable bonds is 8. The Morgan fingerprint density at radius 3 is 2.47 bits per heavy atom. The van der Waals surface area contributed by atoms with E-state index in [0.717, 1.165) is 36.1 Å². The molecule has 3 heteroatoms. The molecule has 1 rings (SSSR count). The van der Waals surface area contributed by atoms with Crippen molar-refractivity contribution in [3.05, 3.63) is 29.3 Å². The highest BCUT2D eigenvalue weighted by Gasteiger charge is 2.17. The summed E-state index contributed by atoms with van der Waals surface area (Å²) in [6, 6.07) is 6.06. The molecule has 0 fully saturated rings. The van der Waals surface area contributed by atoms with E-state index in [1.807, 2.05) is 18.2 Å². The molecule has 1 unspecified atom stereocenters. The standard InChI is InChI=1S/C16H26O2S/c1-4-6-13-7-5-8-14(16(13)18)11-15(12(2)3)19-10-9-17/h5,7-8,12,15,17-18H,4,6,9-11H2,1-3H3. The lowest BCUT2D eigenvalue weighted by atomic mass is 9.98. The van der Waals surface area contributed by atoms with E-state index in [2.05, 4.69) is 20.8 Å². The van der Waals surface area contributed by atoms with Gasteiger partial charge in [0.1, 0.15) is 5.75 Å². The molecule has 19 heavy (non-hydrogen) atoms. The van der Waals surface area contributed by atoms with Crippen molar-refractivity contribution in [2.24, 2.45) is 5.92 Å². The van der Waals surface area contributed by atoms with Crippen molar-refractivity contribution in [3.8, 4) is 5.75 Å². The molecule has 1 atom stereocenters. The largest absolute Gasteiger partial charge is 0.507 e. The van der Waals surface area contributed by atoms with Crippen LogP contribution in [0, 0.1) is 5.92 Å². The second-order valence-electron chi connectivity index (χ2n) is 5.26. The second-order valence-corrected chi connectivity index (χ2v) is 6.60. The van der Waals surface area contributed by atoms with Crippen molar-refractivity contribution in [2.75, 3.05) is 12.4 Å². The predicted octanol–water partition coefficient (Wildman–Crippen LogP) is 3.64. The number of hydrogen-bond acceptors (Lipinski definition) is 3. The zero-order chi connectivity index (χ0) is 14.3. The zero-order valence-corrected chi connectivity index (χ0v) is 13.0. The maximum atomic E-state index is 10.3. The van der Waals surface area contributed by atoms with Gasteiger partial charge >= 0.3 is 0 Å². The van der Waals surface area contributed by atoms with Gasteiger partial charge in [0.25, 0.3) is 0 Å². The third kappa shape index (κ3) is 5.07. The summed E-state index contributed by atoms with van der Waals surface area (Å²) in [4.78, 5) is 0. The third-order valence-corrected chi connectivity index (χ3v) is 4.87. The number of aliphatic hydroxyl groups excluding tert-OH is 1. The maximum Gasteiger partial charge on any atom is 0.121 e. The summed E-state index contributed by atoms with van der Waals surface area (Å²) >= 11 is 1.79. The van der Waals surface area contributed by atoms with Crippen LogP contribution in [-0.2, 0) is 12.8 Å². The molecule has 0 spiro atoms. The highest BCUT2D eigenvalue weighted by Crippen LogP contribution is 2.30. The van der Waals surface area contributed by atoms with Gasteiger partial charge < -0.3 is 10.2 Å². The van der Waals surface area contributed by atoms with Crippen molar-refractivity contribution >= 4 is 11.8 Å². The van der Waals surface area contributed by atoms with Crippen LogP contribution in [0.5, 0.6) is 5.75 Å². The van der Waals surface area contributed by atoms with E-state index in [4.69, 9.17) is 5.11 Å². The molecule has 0 saturated heterocycles. The van der Waals surface area contributed by atoms with Gasteiger partial charge in [0.2, 0.25) is 0 Å². The summed E-state index contributed by atoms with van der Waals surface area (Å²) in [5.74, 6) is 1.77. The SMILES string of the molecule is CCCc1cccc(CC(SCCO)C(C)C)c1O. The van der Waals surface area contributed by atoms with Crippen LogP contribution in [0.25, 0.3) is 0 Å². The van der Waals surface area contributed by atoms with Gasteiger partial charge in [0.05, 0.1) is 6.61 Å². The Morgan fingerprint density at radius 2 is 1.89 bits per heavy atom. The van der Waals surface area contributed by atoms with Crippen LogP contribution in [-0.4, -0.2) is 27.8 Å². The van der Waals surface area contributed by atoms with Crippen molar-refractivity contribution < 1.29 is 10.2 Å². The first-order valence-corrected chi connectivity index (χ1v) is 8.17. The van der Waals surface area contributed by atoms with Gasteiger partial charge in [-0.1, -0.05) is 45.4 Å². The zero-order valence-electron chi connectivity index (χ0n) is 12.2. The molecule has 0 aliphatic heterocycles. The number of aliphatic hydroxyl groups is 1. The summed E-state index contributed by atoms with van der Waals surface area (Å²) in [5.41, 5.74) is 2.09. The fourth-order valence-electron chi connectivity index (χ4n) is 2.19. The normalized spacial score (nSPS) is 12.9. The highest BCUT2D eigenvalue weighted by molar-refractivity contribution is 7.99. The summed E-state index contributed by atoms with van der Waals surface area (Å²) in [5, 5.41) is 19.7. The van der Waals surface area contributed by atoms with E-state index in [1.165, 1.54) is 0 Å². The van der Waals surface area contributed by atoms with Gasteiger partial charge in [0, 0.05) is 11.0 Å². The Morgan fingerprint density at radius 1 is 1.21 bits per heavy atom. The second kappa shape index (κ2) is 8.49. The number of benzene rings is 1. The number of phenols is 1. The average Bonchev–Trinajstić information content (AvgIpc) is 2.38. The highest BCUT2D eigenvalue weighted by atomic mass is 32.2. The number of para-hydroxylation sites is 1. The Kier molecular flexibility index (Phi) is 7.32. The van der Waals surface area contributed by atoms with Gasteiger partial charge in [0.15, 0.2) is 0 Å². The topological polar surface area (TPSA) is 40.5 Å². The quantitative estimate of drug-likeness (QED) is 0.765. The summed E-state index contributed by atoms with van der Waals surface area (Å²) in [6.07, 6.45) is 2.84. The van der Waals surface area contributed by atoms with Crippen LogP contribution in [0.4, 0.5) is 0 Å². The van der Waals surface area contributed by atoms with Gasteiger partial charge in [-0.15, -0.1) is 0 Å².